The summed E-state index contributed by atoms with van der Waals surface area (Å²) >= 11 is 0. The largest absolute Gasteiger partial charge is 0.504 e. The van der Waals surface area contributed by atoms with Crippen molar-refractivity contribution in [1.29, 1.82) is 0 Å². The SMILES string of the molecule is CN1Cc2ccc(F)cc2[C@@H]2c3cc(O)c(O)cc3CC[C@H]21. The molecule has 114 valence electrons. The number of nitrogens with zero attached hydrogens (tertiary/aromatic N) is 1. The fourth-order valence-corrected chi connectivity index (χ4v) is 4.05. The lowest BCUT2D eigenvalue weighted by Crippen LogP contribution is -2.43. The Balaban J connectivity index is 1.94. The monoisotopic (exact) mass is 299 g/mol. The molecule has 3 nitrogen and oxygen atoms in total. The van der Waals surface area contributed by atoms with Crippen LogP contribution in [0, 0.1) is 5.82 Å². The quantitative estimate of drug-likeness (QED) is 0.735. The minimum atomic E-state index is -0.225. The smallest absolute Gasteiger partial charge is 0.157 e. The summed E-state index contributed by atoms with van der Waals surface area (Å²) < 4.78 is 13.8. The topological polar surface area (TPSA) is 43.7 Å². The van der Waals surface area contributed by atoms with Crippen LogP contribution in [0.1, 0.15) is 34.6 Å². The average Bonchev–Trinajstić information content (AvgIpc) is 2.49. The van der Waals surface area contributed by atoms with E-state index in [2.05, 4.69) is 11.9 Å². The zero-order valence-electron chi connectivity index (χ0n) is 12.4. The number of phenolic OH excluding ortho intramolecular Hbond substituents is 2. The summed E-state index contributed by atoms with van der Waals surface area (Å²) in [6, 6.07) is 8.57. The van der Waals surface area contributed by atoms with Crippen molar-refractivity contribution in [2.24, 2.45) is 0 Å². The summed E-state index contributed by atoms with van der Waals surface area (Å²) in [5, 5.41) is 19.6. The average molecular weight is 299 g/mol. The number of fused-ring (bicyclic) bond motifs is 5. The maximum atomic E-state index is 13.8. The third-order valence-corrected chi connectivity index (χ3v) is 5.09. The van der Waals surface area contributed by atoms with Crippen LogP contribution in [0.2, 0.25) is 0 Å². The first kappa shape index (κ1) is 13.6. The zero-order chi connectivity index (χ0) is 15.4. The van der Waals surface area contributed by atoms with E-state index in [1.54, 1.807) is 18.2 Å². The number of hydrogen-bond acceptors (Lipinski definition) is 3. The van der Waals surface area contributed by atoms with E-state index < -0.39 is 0 Å². The zero-order valence-corrected chi connectivity index (χ0v) is 12.4. The number of benzene rings is 2. The molecule has 1 aliphatic heterocycles. The van der Waals surface area contributed by atoms with Crippen LogP contribution in [0.3, 0.4) is 0 Å². The van der Waals surface area contributed by atoms with Crippen LogP contribution in [0.5, 0.6) is 11.5 Å². The number of hydrogen-bond donors (Lipinski definition) is 2. The molecule has 1 aliphatic carbocycles. The van der Waals surface area contributed by atoms with Crippen LogP contribution in [0.15, 0.2) is 30.3 Å². The van der Waals surface area contributed by atoms with Crippen LogP contribution in [0.25, 0.3) is 0 Å². The van der Waals surface area contributed by atoms with E-state index in [-0.39, 0.29) is 23.2 Å². The molecule has 2 aliphatic rings. The van der Waals surface area contributed by atoms with Crippen LogP contribution in [-0.4, -0.2) is 28.2 Å². The van der Waals surface area contributed by atoms with Crippen molar-refractivity contribution in [3.8, 4) is 11.5 Å². The maximum absolute atomic E-state index is 13.8. The Hall–Kier alpha value is -2.07. The second kappa shape index (κ2) is 4.71. The highest BCUT2D eigenvalue weighted by Crippen LogP contribution is 2.46. The first-order valence-electron chi connectivity index (χ1n) is 7.58. The normalized spacial score (nSPS) is 23.5. The predicted octanol–water partition coefficient (Wildman–Crippen LogP) is 3.13. The summed E-state index contributed by atoms with van der Waals surface area (Å²) in [4.78, 5) is 2.30. The van der Waals surface area contributed by atoms with Gasteiger partial charge in [0.25, 0.3) is 0 Å². The number of phenols is 2. The lowest BCUT2D eigenvalue weighted by atomic mass is 9.71. The first-order valence-corrected chi connectivity index (χ1v) is 7.58. The van der Waals surface area contributed by atoms with Crippen molar-refractivity contribution in [2.45, 2.75) is 31.3 Å². The molecule has 0 unspecified atom stereocenters. The van der Waals surface area contributed by atoms with Gasteiger partial charge in [0.15, 0.2) is 11.5 Å². The Kier molecular flexibility index (Phi) is 2.91. The van der Waals surface area contributed by atoms with Crippen LogP contribution < -0.4 is 0 Å². The Morgan fingerprint density at radius 3 is 2.59 bits per heavy atom. The van der Waals surface area contributed by atoms with Crippen LogP contribution in [0.4, 0.5) is 4.39 Å². The molecule has 0 saturated heterocycles. The second-order valence-electron chi connectivity index (χ2n) is 6.38. The van der Waals surface area contributed by atoms with Gasteiger partial charge in [-0.1, -0.05) is 6.07 Å². The van der Waals surface area contributed by atoms with Gasteiger partial charge in [0.05, 0.1) is 0 Å². The van der Waals surface area contributed by atoms with Crippen molar-refractivity contribution >= 4 is 0 Å². The summed E-state index contributed by atoms with van der Waals surface area (Å²) in [7, 11) is 2.09. The molecule has 2 aromatic rings. The lowest BCUT2D eigenvalue weighted by Gasteiger charge is -2.44. The van der Waals surface area contributed by atoms with Gasteiger partial charge >= 0.3 is 0 Å². The van der Waals surface area contributed by atoms with E-state index in [0.717, 1.165) is 41.6 Å². The fourth-order valence-electron chi connectivity index (χ4n) is 4.05. The molecule has 2 aromatic carbocycles. The number of rotatable bonds is 0. The molecule has 0 saturated carbocycles. The minimum Gasteiger partial charge on any atom is -0.504 e. The number of likely N-dealkylation sites (N-methyl/N-ethyl adjacent to an activating group) is 1. The van der Waals surface area contributed by atoms with Crippen LogP contribution >= 0.6 is 0 Å². The molecule has 1 heterocycles. The minimum absolute atomic E-state index is 0.0414. The Morgan fingerprint density at radius 1 is 1.05 bits per heavy atom. The van der Waals surface area contributed by atoms with Gasteiger partial charge in [0.1, 0.15) is 5.82 Å². The Labute approximate surface area is 128 Å². The van der Waals surface area contributed by atoms with Crippen molar-refractivity contribution in [3.05, 3.63) is 58.4 Å². The molecule has 0 fully saturated rings. The number of aryl methyl sites for hydroxylation is 1. The van der Waals surface area contributed by atoms with E-state index in [1.165, 1.54) is 6.07 Å². The summed E-state index contributed by atoms with van der Waals surface area (Å²) in [5.74, 6) is -0.372. The van der Waals surface area contributed by atoms with Crippen molar-refractivity contribution in [1.82, 2.24) is 4.90 Å². The van der Waals surface area contributed by atoms with E-state index in [1.807, 2.05) is 6.07 Å². The standard InChI is InChI=1S/C18H18FNO2/c1-20-9-11-2-4-12(19)7-13(11)18-14-8-17(22)16(21)6-10(14)3-5-15(18)20/h2,4,6-8,15,18,21-22H,3,5,9H2,1H3/t15-,18-/m1/s1. The summed E-state index contributed by atoms with van der Waals surface area (Å²) in [5.41, 5.74) is 4.19. The molecule has 4 heteroatoms. The van der Waals surface area contributed by atoms with Gasteiger partial charge < -0.3 is 10.2 Å². The highest BCUT2D eigenvalue weighted by Gasteiger charge is 2.38. The highest BCUT2D eigenvalue weighted by atomic mass is 19.1. The third-order valence-electron chi connectivity index (χ3n) is 5.09. The fraction of sp³-hybridized carbons (Fsp3) is 0.333. The molecule has 0 bridgehead atoms. The molecule has 0 spiro atoms. The molecule has 22 heavy (non-hydrogen) atoms. The van der Waals surface area contributed by atoms with Crippen molar-refractivity contribution < 1.29 is 14.6 Å². The molecule has 0 radical (unpaired) electrons. The predicted molar refractivity (Wildman–Crippen MR) is 81.6 cm³/mol. The summed E-state index contributed by atoms with van der Waals surface area (Å²) in [6.45, 7) is 0.816. The van der Waals surface area contributed by atoms with Gasteiger partial charge in [-0.25, -0.2) is 4.39 Å². The second-order valence-corrected chi connectivity index (χ2v) is 6.38. The molecule has 4 rings (SSSR count). The highest BCUT2D eigenvalue weighted by molar-refractivity contribution is 5.53. The molecule has 2 N–H and O–H groups in total. The van der Waals surface area contributed by atoms with Gasteiger partial charge in [-0.05, 0) is 66.4 Å². The molecule has 0 amide bonds. The van der Waals surface area contributed by atoms with Gasteiger partial charge in [-0.3, -0.25) is 4.90 Å². The third kappa shape index (κ3) is 1.91. The summed E-state index contributed by atoms with van der Waals surface area (Å²) in [6.07, 6.45) is 1.83. The maximum Gasteiger partial charge on any atom is 0.157 e. The van der Waals surface area contributed by atoms with Gasteiger partial charge in [-0.2, -0.15) is 0 Å². The van der Waals surface area contributed by atoms with Crippen molar-refractivity contribution in [2.75, 3.05) is 7.05 Å². The Bertz CT molecular complexity index is 759. The van der Waals surface area contributed by atoms with Gasteiger partial charge in [-0.15, -0.1) is 0 Å². The lowest BCUT2D eigenvalue weighted by molar-refractivity contribution is 0.178. The molecule has 2 atom stereocenters. The van der Waals surface area contributed by atoms with E-state index in [0.29, 0.717) is 6.04 Å². The molecular formula is C18H18FNO2. The van der Waals surface area contributed by atoms with E-state index in [4.69, 9.17) is 0 Å². The Morgan fingerprint density at radius 2 is 1.77 bits per heavy atom. The van der Waals surface area contributed by atoms with Gasteiger partial charge in [0, 0.05) is 18.5 Å². The molecule has 0 aromatic heterocycles. The number of aromatic hydroxyl groups is 2. The number of halogens is 1. The first-order chi connectivity index (χ1) is 10.5. The molecular weight excluding hydrogens is 281 g/mol. The van der Waals surface area contributed by atoms with E-state index >= 15 is 0 Å². The van der Waals surface area contributed by atoms with Crippen LogP contribution in [-0.2, 0) is 13.0 Å². The van der Waals surface area contributed by atoms with Crippen molar-refractivity contribution in [3.63, 3.8) is 0 Å². The van der Waals surface area contributed by atoms with Gasteiger partial charge in [0.2, 0.25) is 0 Å². The van der Waals surface area contributed by atoms with E-state index in [9.17, 15) is 14.6 Å².